The van der Waals surface area contributed by atoms with Crippen LogP contribution in [0, 0.1) is 11.7 Å². The number of rotatable bonds is 3. The van der Waals surface area contributed by atoms with Gasteiger partial charge in [-0.2, -0.15) is 0 Å². The van der Waals surface area contributed by atoms with Gasteiger partial charge in [-0.25, -0.2) is 4.39 Å². The van der Waals surface area contributed by atoms with Crippen molar-refractivity contribution in [3.8, 4) is 11.1 Å². The summed E-state index contributed by atoms with van der Waals surface area (Å²) in [6.07, 6.45) is 0. The predicted molar refractivity (Wildman–Crippen MR) is 89.1 cm³/mol. The lowest BCUT2D eigenvalue weighted by Crippen LogP contribution is -2.22. The second-order valence-corrected chi connectivity index (χ2v) is 5.78. The van der Waals surface area contributed by atoms with Gasteiger partial charge in [-0.3, -0.25) is 9.59 Å². The number of aromatic amines is 1. The number of benzene rings is 2. The fraction of sp³-hybridized carbons (Fsp3) is 0.158. The third-order valence-electron chi connectivity index (χ3n) is 3.83. The molecule has 0 saturated carbocycles. The Morgan fingerprint density at radius 2 is 1.70 bits per heavy atom. The number of Topliss-reactive ketones (excluding diaryl/α,β-unsaturated/α-hetero) is 1. The first kappa shape index (κ1) is 15.2. The number of pyridine rings is 1. The quantitative estimate of drug-likeness (QED) is 0.738. The molecule has 0 bridgehead atoms. The Morgan fingerprint density at radius 1 is 1.04 bits per heavy atom. The van der Waals surface area contributed by atoms with Crippen LogP contribution in [-0.4, -0.2) is 10.8 Å². The monoisotopic (exact) mass is 309 g/mol. The van der Waals surface area contributed by atoms with E-state index in [1.165, 1.54) is 12.1 Å². The van der Waals surface area contributed by atoms with Gasteiger partial charge < -0.3 is 4.98 Å². The molecule has 0 saturated heterocycles. The van der Waals surface area contributed by atoms with Crippen molar-refractivity contribution in [2.24, 2.45) is 5.92 Å². The molecule has 4 heteroatoms. The Labute approximate surface area is 132 Å². The molecule has 0 amide bonds. The van der Waals surface area contributed by atoms with E-state index in [4.69, 9.17) is 0 Å². The third-order valence-corrected chi connectivity index (χ3v) is 3.83. The minimum absolute atomic E-state index is 0.130. The largest absolute Gasteiger partial charge is 0.321 e. The number of fused-ring (bicyclic) bond motifs is 1. The summed E-state index contributed by atoms with van der Waals surface area (Å²) in [6, 6.07) is 13.1. The summed E-state index contributed by atoms with van der Waals surface area (Å²) >= 11 is 0. The van der Waals surface area contributed by atoms with E-state index in [-0.39, 0.29) is 23.1 Å². The highest BCUT2D eigenvalue weighted by Crippen LogP contribution is 2.30. The zero-order chi connectivity index (χ0) is 16.6. The SMILES string of the molecule is CC(C)C(=O)c1c(-c2ccc(F)cc2)c2ccccc2[nH]c1=O. The van der Waals surface area contributed by atoms with Gasteiger partial charge in [-0.15, -0.1) is 0 Å². The van der Waals surface area contributed by atoms with Crippen LogP contribution < -0.4 is 5.56 Å². The molecule has 3 nitrogen and oxygen atoms in total. The molecule has 1 heterocycles. The number of carbonyl (C=O) groups excluding carboxylic acids is 1. The van der Waals surface area contributed by atoms with Gasteiger partial charge >= 0.3 is 0 Å². The number of hydrogen-bond acceptors (Lipinski definition) is 2. The van der Waals surface area contributed by atoms with Crippen molar-refractivity contribution < 1.29 is 9.18 Å². The normalized spacial score (nSPS) is 11.1. The number of para-hydroxylation sites is 1. The number of halogens is 1. The van der Waals surface area contributed by atoms with Crippen LogP contribution in [0.3, 0.4) is 0 Å². The van der Waals surface area contributed by atoms with Crippen molar-refractivity contribution >= 4 is 16.7 Å². The molecule has 0 aliphatic rings. The molecule has 0 radical (unpaired) electrons. The van der Waals surface area contributed by atoms with Crippen LogP contribution in [0.25, 0.3) is 22.0 Å². The van der Waals surface area contributed by atoms with Crippen molar-refractivity contribution in [2.75, 3.05) is 0 Å². The zero-order valence-corrected chi connectivity index (χ0v) is 12.9. The molecule has 0 atom stereocenters. The van der Waals surface area contributed by atoms with Gasteiger partial charge in [0.25, 0.3) is 5.56 Å². The van der Waals surface area contributed by atoms with Crippen molar-refractivity contribution in [2.45, 2.75) is 13.8 Å². The van der Waals surface area contributed by atoms with E-state index < -0.39 is 5.56 Å². The molecule has 0 unspecified atom stereocenters. The Hall–Kier alpha value is -2.75. The third kappa shape index (κ3) is 2.68. The van der Waals surface area contributed by atoms with Gasteiger partial charge in [-0.1, -0.05) is 44.2 Å². The number of carbonyl (C=O) groups is 1. The Balaban J connectivity index is 2.44. The second kappa shape index (κ2) is 5.80. The summed E-state index contributed by atoms with van der Waals surface area (Å²) in [5, 5.41) is 0.766. The van der Waals surface area contributed by atoms with E-state index >= 15 is 0 Å². The van der Waals surface area contributed by atoms with Gasteiger partial charge in [0.05, 0.1) is 5.56 Å². The first-order chi connectivity index (χ1) is 11.0. The van der Waals surface area contributed by atoms with Crippen LogP contribution >= 0.6 is 0 Å². The summed E-state index contributed by atoms with van der Waals surface area (Å²) in [4.78, 5) is 27.8. The van der Waals surface area contributed by atoms with Gasteiger partial charge in [0, 0.05) is 22.4 Å². The Kier molecular flexibility index (Phi) is 3.82. The van der Waals surface area contributed by atoms with E-state index in [1.54, 1.807) is 32.0 Å². The highest BCUT2D eigenvalue weighted by atomic mass is 19.1. The standard InChI is InChI=1S/C19H16FNO2/c1-11(2)18(22)17-16(12-7-9-13(20)10-8-12)14-5-3-4-6-15(14)21-19(17)23/h3-11H,1-2H3,(H,21,23). The maximum absolute atomic E-state index is 13.2. The zero-order valence-electron chi connectivity index (χ0n) is 12.9. The molecule has 0 aliphatic carbocycles. The van der Waals surface area contributed by atoms with E-state index in [0.717, 1.165) is 5.39 Å². The van der Waals surface area contributed by atoms with Gasteiger partial charge in [-0.05, 0) is 23.8 Å². The van der Waals surface area contributed by atoms with Crippen molar-refractivity contribution in [3.63, 3.8) is 0 Å². The van der Waals surface area contributed by atoms with E-state index in [0.29, 0.717) is 16.6 Å². The highest BCUT2D eigenvalue weighted by molar-refractivity contribution is 6.09. The van der Waals surface area contributed by atoms with Crippen LogP contribution in [0.4, 0.5) is 4.39 Å². The van der Waals surface area contributed by atoms with Gasteiger partial charge in [0.2, 0.25) is 0 Å². The molecular weight excluding hydrogens is 293 g/mol. The van der Waals surface area contributed by atoms with Crippen LogP contribution in [0.5, 0.6) is 0 Å². The van der Waals surface area contributed by atoms with E-state index in [9.17, 15) is 14.0 Å². The molecule has 1 N–H and O–H groups in total. The van der Waals surface area contributed by atoms with E-state index in [1.807, 2.05) is 18.2 Å². The van der Waals surface area contributed by atoms with Crippen LogP contribution in [0.2, 0.25) is 0 Å². The summed E-state index contributed by atoms with van der Waals surface area (Å²) in [5.74, 6) is -0.896. The number of H-pyrrole nitrogens is 1. The topological polar surface area (TPSA) is 49.9 Å². The Morgan fingerprint density at radius 3 is 2.35 bits per heavy atom. The maximum atomic E-state index is 13.2. The molecule has 116 valence electrons. The first-order valence-electron chi connectivity index (χ1n) is 7.44. The Bertz CT molecular complexity index is 940. The van der Waals surface area contributed by atoms with Crippen molar-refractivity contribution in [1.82, 2.24) is 4.98 Å². The molecule has 0 fully saturated rings. The summed E-state index contributed by atoms with van der Waals surface area (Å²) in [7, 11) is 0. The van der Waals surface area contributed by atoms with Crippen LogP contribution in [-0.2, 0) is 0 Å². The average molecular weight is 309 g/mol. The number of ketones is 1. The second-order valence-electron chi connectivity index (χ2n) is 5.78. The highest BCUT2D eigenvalue weighted by Gasteiger charge is 2.22. The number of aromatic nitrogens is 1. The minimum atomic E-state index is -0.415. The number of nitrogens with one attached hydrogen (secondary N) is 1. The fourth-order valence-corrected chi connectivity index (χ4v) is 2.68. The lowest BCUT2D eigenvalue weighted by atomic mass is 9.91. The molecular formula is C19H16FNO2. The summed E-state index contributed by atoms with van der Waals surface area (Å²) in [6.45, 7) is 3.51. The van der Waals surface area contributed by atoms with E-state index in [2.05, 4.69) is 4.98 Å². The van der Waals surface area contributed by atoms with Gasteiger partial charge in [0.1, 0.15) is 5.82 Å². The van der Waals surface area contributed by atoms with Crippen LogP contribution in [0.1, 0.15) is 24.2 Å². The smallest absolute Gasteiger partial charge is 0.259 e. The van der Waals surface area contributed by atoms with Gasteiger partial charge in [0.15, 0.2) is 5.78 Å². The van der Waals surface area contributed by atoms with Crippen LogP contribution in [0.15, 0.2) is 53.3 Å². The number of hydrogen-bond donors (Lipinski definition) is 1. The molecule has 2 aromatic carbocycles. The molecule has 0 spiro atoms. The molecule has 0 aliphatic heterocycles. The van der Waals surface area contributed by atoms with Crippen molar-refractivity contribution in [3.05, 3.63) is 70.3 Å². The fourth-order valence-electron chi connectivity index (χ4n) is 2.68. The molecule has 3 rings (SSSR count). The maximum Gasteiger partial charge on any atom is 0.259 e. The lowest BCUT2D eigenvalue weighted by Gasteiger charge is -2.13. The molecule has 1 aromatic heterocycles. The average Bonchev–Trinajstić information content (AvgIpc) is 2.53. The summed E-state index contributed by atoms with van der Waals surface area (Å²) in [5.41, 5.74) is 1.57. The predicted octanol–water partition coefficient (Wildman–Crippen LogP) is 4.17. The first-order valence-corrected chi connectivity index (χ1v) is 7.44. The van der Waals surface area contributed by atoms with Crippen molar-refractivity contribution in [1.29, 1.82) is 0 Å². The molecule has 23 heavy (non-hydrogen) atoms. The minimum Gasteiger partial charge on any atom is -0.321 e. The lowest BCUT2D eigenvalue weighted by molar-refractivity contribution is 0.0938. The summed E-state index contributed by atoms with van der Waals surface area (Å²) < 4.78 is 13.2. The molecule has 3 aromatic rings.